The molecule has 37 heavy (non-hydrogen) atoms. The Morgan fingerprint density at radius 3 is 1.35 bits per heavy atom. The Labute approximate surface area is 247 Å². The van der Waals surface area contributed by atoms with Crippen LogP contribution < -0.4 is 0 Å². The molecule has 0 amide bonds. The molecule has 0 aromatic heterocycles. The number of unbranched alkanes of at least 4 members (excludes halogenated alkanes) is 9. The number of rotatable bonds is 18. The van der Waals surface area contributed by atoms with Gasteiger partial charge in [-0.1, -0.05) is 162 Å². The molecule has 3 aromatic rings. The van der Waals surface area contributed by atoms with Crippen LogP contribution in [0.25, 0.3) is 0 Å². The maximum absolute atomic E-state index is 3.38. The summed E-state index contributed by atoms with van der Waals surface area (Å²) in [7, 11) is 3.38. The van der Waals surface area contributed by atoms with Crippen LogP contribution in [0.2, 0.25) is 0 Å². The van der Waals surface area contributed by atoms with Crippen molar-refractivity contribution in [2.45, 2.75) is 102 Å². The van der Waals surface area contributed by atoms with E-state index >= 15 is 0 Å². The van der Waals surface area contributed by atoms with E-state index in [1.165, 1.54) is 87.3 Å². The number of hydrogen-bond acceptors (Lipinski definition) is 0. The van der Waals surface area contributed by atoms with Crippen molar-refractivity contribution in [2.24, 2.45) is 5.92 Å². The van der Waals surface area contributed by atoms with Gasteiger partial charge in [0.2, 0.25) is 0 Å². The Morgan fingerprint density at radius 2 is 0.919 bits per heavy atom. The standard InChI is InChI=1S/C35H49P.HI/c1-2-3-4-5-6-7-8-9-10-20-27-34(28-31-21-14-11-15-22-31)35(36,29-32-23-16-12-17-24-32)30-33-25-18-13-19-26-33;/h11-19,21-26,34H,2-10,20,27-30,36H2,1H3;1H. The number of hydrogen-bond donors (Lipinski definition) is 0. The van der Waals surface area contributed by atoms with Gasteiger partial charge in [-0.2, -0.15) is 0 Å². The molecule has 3 aromatic carbocycles. The second kappa shape index (κ2) is 19.0. The van der Waals surface area contributed by atoms with Gasteiger partial charge in [-0.25, -0.2) is 0 Å². The van der Waals surface area contributed by atoms with E-state index in [4.69, 9.17) is 0 Å². The molecule has 0 saturated carbocycles. The molecule has 0 aliphatic heterocycles. The predicted molar refractivity (Wildman–Crippen MR) is 178 cm³/mol. The zero-order chi connectivity index (χ0) is 25.3. The fraction of sp³-hybridized carbons (Fsp3) is 0.486. The number of benzene rings is 3. The van der Waals surface area contributed by atoms with Crippen LogP contribution in [0.1, 0.15) is 94.2 Å². The molecule has 0 aliphatic carbocycles. The van der Waals surface area contributed by atoms with Crippen LogP contribution in [0.4, 0.5) is 0 Å². The first-order valence-electron chi connectivity index (χ1n) is 14.6. The second-order valence-corrected chi connectivity index (χ2v) is 12.1. The highest BCUT2D eigenvalue weighted by Crippen LogP contribution is 2.40. The van der Waals surface area contributed by atoms with Crippen LogP contribution in [-0.4, -0.2) is 5.16 Å². The van der Waals surface area contributed by atoms with Gasteiger partial charge >= 0.3 is 0 Å². The molecule has 0 N–H and O–H groups in total. The van der Waals surface area contributed by atoms with Gasteiger partial charge in [0.25, 0.3) is 0 Å². The second-order valence-electron chi connectivity index (χ2n) is 10.9. The zero-order valence-corrected chi connectivity index (χ0v) is 26.6. The summed E-state index contributed by atoms with van der Waals surface area (Å²) in [5.41, 5.74) is 4.37. The van der Waals surface area contributed by atoms with Crippen LogP contribution in [-0.2, 0) is 19.3 Å². The van der Waals surface area contributed by atoms with Crippen molar-refractivity contribution in [3.8, 4) is 0 Å². The smallest absolute Gasteiger partial charge is 0.00385 e. The molecule has 0 radical (unpaired) electrons. The Morgan fingerprint density at radius 1 is 0.541 bits per heavy atom. The molecule has 0 nitrogen and oxygen atoms in total. The van der Waals surface area contributed by atoms with E-state index < -0.39 is 0 Å². The lowest BCUT2D eigenvalue weighted by Crippen LogP contribution is -2.38. The maximum atomic E-state index is 3.38. The van der Waals surface area contributed by atoms with Gasteiger partial charge in [-0.15, -0.1) is 33.2 Å². The lowest BCUT2D eigenvalue weighted by atomic mass is 9.75. The van der Waals surface area contributed by atoms with Gasteiger partial charge in [-0.3, -0.25) is 0 Å². The van der Waals surface area contributed by atoms with Gasteiger partial charge in [0.1, 0.15) is 0 Å². The van der Waals surface area contributed by atoms with Gasteiger partial charge in [-0.05, 0) is 53.4 Å². The van der Waals surface area contributed by atoms with Gasteiger partial charge in [0.05, 0.1) is 0 Å². The first kappa shape index (κ1) is 32.0. The van der Waals surface area contributed by atoms with Crippen molar-refractivity contribution in [3.63, 3.8) is 0 Å². The first-order chi connectivity index (χ1) is 17.7. The van der Waals surface area contributed by atoms with Gasteiger partial charge in [0.15, 0.2) is 0 Å². The quantitative estimate of drug-likeness (QED) is 0.0747. The van der Waals surface area contributed by atoms with E-state index in [2.05, 4.69) is 107 Å². The minimum absolute atomic E-state index is 0. The van der Waals surface area contributed by atoms with Crippen molar-refractivity contribution >= 4 is 33.2 Å². The van der Waals surface area contributed by atoms with E-state index in [9.17, 15) is 0 Å². The fourth-order valence-corrected chi connectivity index (χ4v) is 6.43. The monoisotopic (exact) mass is 628 g/mol. The molecule has 202 valence electrons. The highest BCUT2D eigenvalue weighted by atomic mass is 127. The summed E-state index contributed by atoms with van der Waals surface area (Å²) in [4.78, 5) is 0. The third-order valence-corrected chi connectivity index (χ3v) is 8.68. The summed E-state index contributed by atoms with van der Waals surface area (Å²) in [5, 5.41) is 0.137. The molecule has 0 fully saturated rings. The lowest BCUT2D eigenvalue weighted by Gasteiger charge is -2.39. The average molecular weight is 629 g/mol. The molecular formula is C35H50IP. The van der Waals surface area contributed by atoms with Gasteiger partial charge in [0, 0.05) is 0 Å². The van der Waals surface area contributed by atoms with E-state index in [0.29, 0.717) is 5.92 Å². The molecule has 2 heteroatoms. The van der Waals surface area contributed by atoms with Crippen molar-refractivity contribution in [3.05, 3.63) is 108 Å². The van der Waals surface area contributed by atoms with Crippen LogP contribution in [0.15, 0.2) is 91.0 Å². The molecular weight excluding hydrogens is 578 g/mol. The Balaban J connectivity index is 0.00000481. The molecule has 0 spiro atoms. The molecule has 0 heterocycles. The van der Waals surface area contributed by atoms with E-state index in [-0.39, 0.29) is 29.1 Å². The third kappa shape index (κ3) is 12.5. The molecule has 0 saturated heterocycles. The molecule has 2 unspecified atom stereocenters. The van der Waals surface area contributed by atoms with E-state index in [0.717, 1.165) is 19.3 Å². The van der Waals surface area contributed by atoms with Crippen molar-refractivity contribution < 1.29 is 0 Å². The summed E-state index contributed by atoms with van der Waals surface area (Å²) in [6, 6.07) is 33.5. The van der Waals surface area contributed by atoms with Crippen molar-refractivity contribution in [1.82, 2.24) is 0 Å². The highest BCUT2D eigenvalue weighted by molar-refractivity contribution is 14.0. The summed E-state index contributed by atoms with van der Waals surface area (Å²) in [6.45, 7) is 2.30. The minimum atomic E-state index is 0. The van der Waals surface area contributed by atoms with Crippen molar-refractivity contribution in [2.75, 3.05) is 0 Å². The molecule has 3 rings (SSSR count). The summed E-state index contributed by atoms with van der Waals surface area (Å²) < 4.78 is 0. The third-order valence-electron chi connectivity index (χ3n) is 7.80. The van der Waals surface area contributed by atoms with Gasteiger partial charge < -0.3 is 0 Å². The fourth-order valence-electron chi connectivity index (χ4n) is 5.67. The van der Waals surface area contributed by atoms with Crippen molar-refractivity contribution in [1.29, 1.82) is 0 Å². The van der Waals surface area contributed by atoms with Crippen LogP contribution in [0.3, 0.4) is 0 Å². The minimum Gasteiger partial charge on any atom is -0.130 e. The topological polar surface area (TPSA) is 0 Å². The highest BCUT2D eigenvalue weighted by Gasteiger charge is 2.34. The maximum Gasteiger partial charge on any atom is -0.00385 e. The van der Waals surface area contributed by atoms with Crippen LogP contribution in [0, 0.1) is 5.92 Å². The van der Waals surface area contributed by atoms with E-state index in [1.807, 2.05) is 0 Å². The molecule has 0 bridgehead atoms. The van der Waals surface area contributed by atoms with Crippen LogP contribution >= 0.6 is 33.2 Å². The van der Waals surface area contributed by atoms with Crippen LogP contribution in [0.5, 0.6) is 0 Å². The summed E-state index contributed by atoms with van der Waals surface area (Å²) in [6.07, 6.45) is 18.6. The largest absolute Gasteiger partial charge is 0.130 e. The zero-order valence-electron chi connectivity index (χ0n) is 23.1. The number of halogens is 1. The Bertz CT molecular complexity index is 884. The normalized spacial score (nSPS) is 12.2. The van der Waals surface area contributed by atoms with E-state index in [1.54, 1.807) is 0 Å². The Kier molecular flexibility index (Phi) is 16.4. The SMILES string of the molecule is CCCCCCCCCCCCC(Cc1ccccc1)C(P)(Cc1ccccc1)Cc1ccccc1.I. The summed E-state index contributed by atoms with van der Waals surface area (Å²) >= 11 is 0. The summed E-state index contributed by atoms with van der Waals surface area (Å²) in [5.74, 6) is 0.624. The Hall–Kier alpha value is -1.18. The predicted octanol–water partition coefficient (Wildman–Crippen LogP) is 10.9. The molecule has 2 atom stereocenters. The molecule has 0 aliphatic rings. The lowest BCUT2D eigenvalue weighted by molar-refractivity contribution is 0.330. The average Bonchev–Trinajstić information content (AvgIpc) is 2.90. The first-order valence-corrected chi connectivity index (χ1v) is 15.2.